The molecule has 34 heavy (non-hydrogen) atoms. The number of para-hydroxylation sites is 2. The summed E-state index contributed by atoms with van der Waals surface area (Å²) in [5.74, 6) is 0.836. The Morgan fingerprint density at radius 3 is 2.32 bits per heavy atom. The first kappa shape index (κ1) is 23.6. The van der Waals surface area contributed by atoms with Crippen LogP contribution in [0.3, 0.4) is 0 Å². The first-order valence-corrected chi connectivity index (χ1v) is 12.4. The average molecular weight is 481 g/mol. The average Bonchev–Trinajstić information content (AvgIpc) is 3.10. The van der Waals surface area contributed by atoms with Crippen LogP contribution in [0.1, 0.15) is 30.5 Å². The first-order chi connectivity index (χ1) is 16.0. The Morgan fingerprint density at radius 1 is 1.00 bits per heavy atom. The molecule has 0 unspecified atom stereocenters. The maximum Gasteiger partial charge on any atom is 0.262 e. The van der Waals surface area contributed by atoms with E-state index >= 15 is 0 Å². The third kappa shape index (κ3) is 5.17. The number of aryl methyl sites for hydroxylation is 2. The van der Waals surface area contributed by atoms with Crippen molar-refractivity contribution in [3.05, 3.63) is 77.4 Å². The lowest BCUT2D eigenvalue weighted by molar-refractivity contribution is -0.118. The van der Waals surface area contributed by atoms with Crippen LogP contribution >= 0.6 is 0 Å². The van der Waals surface area contributed by atoms with E-state index in [4.69, 9.17) is 9.47 Å². The van der Waals surface area contributed by atoms with E-state index in [2.05, 4.69) is 10.0 Å². The van der Waals surface area contributed by atoms with Gasteiger partial charge in [-0.05, 0) is 69.2 Å². The van der Waals surface area contributed by atoms with Crippen molar-refractivity contribution in [2.24, 2.45) is 0 Å². The number of carbonyl (C=O) groups excluding carboxylic acids is 1. The molecule has 1 aliphatic heterocycles. The van der Waals surface area contributed by atoms with Gasteiger partial charge in [0.05, 0.1) is 10.6 Å². The van der Waals surface area contributed by atoms with Crippen molar-refractivity contribution < 1.29 is 22.7 Å². The summed E-state index contributed by atoms with van der Waals surface area (Å²) < 4.78 is 39.9. The van der Waals surface area contributed by atoms with E-state index in [9.17, 15) is 13.2 Å². The number of anilines is 2. The number of fused-ring (bicyclic) bond motifs is 1. The molecule has 8 heteroatoms. The molecule has 0 spiro atoms. The van der Waals surface area contributed by atoms with Gasteiger partial charge in [-0.3, -0.25) is 9.52 Å². The van der Waals surface area contributed by atoms with Crippen LogP contribution in [0.5, 0.6) is 11.5 Å². The van der Waals surface area contributed by atoms with Crippen molar-refractivity contribution in [1.82, 2.24) is 0 Å². The summed E-state index contributed by atoms with van der Waals surface area (Å²) in [6.45, 7) is 7.51. The van der Waals surface area contributed by atoms with Crippen molar-refractivity contribution in [2.75, 3.05) is 16.6 Å². The molecule has 2 N–H and O–H groups in total. The number of nitrogens with one attached hydrogen (secondary N) is 2. The van der Waals surface area contributed by atoms with E-state index in [-0.39, 0.29) is 23.0 Å². The number of hydrogen-bond acceptors (Lipinski definition) is 5. The SMILES string of the molecule is Cc1cccc(C)c1NS(=O)(=O)c1ccc(NC(=O)COc2cccc3c2OC(C)(C)C3)cc1. The van der Waals surface area contributed by atoms with E-state index in [0.717, 1.165) is 23.1 Å². The summed E-state index contributed by atoms with van der Waals surface area (Å²) in [6.07, 6.45) is 0.777. The molecule has 0 saturated heterocycles. The molecule has 178 valence electrons. The fraction of sp³-hybridized carbons (Fsp3) is 0.269. The van der Waals surface area contributed by atoms with Crippen LogP contribution in [-0.4, -0.2) is 26.5 Å². The third-order valence-electron chi connectivity index (χ3n) is 5.58. The topological polar surface area (TPSA) is 93.7 Å². The van der Waals surface area contributed by atoms with Gasteiger partial charge in [0.25, 0.3) is 15.9 Å². The zero-order valence-corrected chi connectivity index (χ0v) is 20.5. The molecule has 0 radical (unpaired) electrons. The summed E-state index contributed by atoms with van der Waals surface area (Å²) in [5.41, 5.74) is 3.45. The Morgan fingerprint density at radius 2 is 1.65 bits per heavy atom. The van der Waals surface area contributed by atoms with Crippen molar-refractivity contribution >= 4 is 27.3 Å². The van der Waals surface area contributed by atoms with Gasteiger partial charge >= 0.3 is 0 Å². The molecule has 3 aromatic carbocycles. The van der Waals surface area contributed by atoms with Crippen LogP contribution in [0.25, 0.3) is 0 Å². The zero-order valence-electron chi connectivity index (χ0n) is 19.6. The van der Waals surface area contributed by atoms with Gasteiger partial charge in [-0.1, -0.05) is 30.3 Å². The van der Waals surface area contributed by atoms with Crippen molar-refractivity contribution in [1.29, 1.82) is 0 Å². The highest BCUT2D eigenvalue weighted by Crippen LogP contribution is 2.41. The summed E-state index contributed by atoms with van der Waals surface area (Å²) in [7, 11) is -3.77. The lowest BCUT2D eigenvalue weighted by atomic mass is 10.0. The molecule has 0 bridgehead atoms. The number of sulfonamides is 1. The number of amides is 1. The standard InChI is InChI=1S/C26H28N2O5S/c1-17-7-5-8-18(2)24(17)28-34(30,31)21-13-11-20(12-14-21)27-23(29)16-32-22-10-6-9-19-15-26(3,4)33-25(19)22/h5-14,28H,15-16H2,1-4H3,(H,27,29). The van der Waals surface area contributed by atoms with E-state index < -0.39 is 10.0 Å². The minimum Gasteiger partial charge on any atom is -0.483 e. The largest absolute Gasteiger partial charge is 0.483 e. The Labute approximate surface area is 200 Å². The zero-order chi connectivity index (χ0) is 24.5. The Balaban J connectivity index is 1.38. The molecular formula is C26H28N2O5S. The maximum atomic E-state index is 12.8. The first-order valence-electron chi connectivity index (χ1n) is 11.0. The monoisotopic (exact) mass is 480 g/mol. The van der Waals surface area contributed by atoms with Gasteiger partial charge in [-0.25, -0.2) is 8.42 Å². The predicted molar refractivity (Wildman–Crippen MR) is 132 cm³/mol. The fourth-order valence-electron chi connectivity index (χ4n) is 3.93. The van der Waals surface area contributed by atoms with Crippen molar-refractivity contribution in [3.8, 4) is 11.5 Å². The van der Waals surface area contributed by atoms with Crippen LogP contribution in [0.4, 0.5) is 11.4 Å². The summed E-state index contributed by atoms with van der Waals surface area (Å²) in [5, 5.41) is 2.72. The van der Waals surface area contributed by atoms with E-state index in [1.165, 1.54) is 12.1 Å². The van der Waals surface area contributed by atoms with Crippen LogP contribution < -0.4 is 19.5 Å². The van der Waals surface area contributed by atoms with Gasteiger partial charge in [-0.15, -0.1) is 0 Å². The van der Waals surface area contributed by atoms with Gasteiger partial charge in [-0.2, -0.15) is 0 Å². The second kappa shape index (κ2) is 9.02. The molecule has 0 atom stereocenters. The summed E-state index contributed by atoms with van der Waals surface area (Å²) in [6, 6.07) is 17.2. The lowest BCUT2D eigenvalue weighted by Gasteiger charge is -2.18. The minimum absolute atomic E-state index is 0.101. The third-order valence-corrected chi connectivity index (χ3v) is 6.95. The molecule has 1 heterocycles. The van der Waals surface area contributed by atoms with Gasteiger partial charge in [0.15, 0.2) is 18.1 Å². The molecule has 7 nitrogen and oxygen atoms in total. The molecule has 1 aliphatic rings. The smallest absolute Gasteiger partial charge is 0.262 e. The number of carbonyl (C=O) groups is 1. The predicted octanol–water partition coefficient (Wildman–Crippen LogP) is 4.84. The van der Waals surface area contributed by atoms with E-state index in [0.29, 0.717) is 22.9 Å². The minimum atomic E-state index is -3.77. The molecular weight excluding hydrogens is 452 g/mol. The van der Waals surface area contributed by atoms with Gasteiger partial charge in [0.1, 0.15) is 5.60 Å². The lowest BCUT2D eigenvalue weighted by Crippen LogP contribution is -2.25. The molecule has 0 fully saturated rings. The molecule has 0 aromatic heterocycles. The molecule has 3 aromatic rings. The normalized spacial score (nSPS) is 14.1. The van der Waals surface area contributed by atoms with Crippen LogP contribution in [0, 0.1) is 13.8 Å². The second-order valence-corrected chi connectivity index (χ2v) is 10.7. The number of rotatable bonds is 7. The highest BCUT2D eigenvalue weighted by atomic mass is 32.2. The Bertz CT molecular complexity index is 1310. The van der Waals surface area contributed by atoms with Crippen molar-refractivity contribution in [2.45, 2.75) is 44.6 Å². The molecule has 4 rings (SSSR count). The van der Waals surface area contributed by atoms with E-state index in [1.807, 2.05) is 58.0 Å². The van der Waals surface area contributed by atoms with Crippen LogP contribution in [-0.2, 0) is 21.2 Å². The van der Waals surface area contributed by atoms with Crippen molar-refractivity contribution in [3.63, 3.8) is 0 Å². The highest BCUT2D eigenvalue weighted by Gasteiger charge is 2.32. The van der Waals surface area contributed by atoms with Gasteiger partial charge in [0.2, 0.25) is 0 Å². The Hall–Kier alpha value is -3.52. The molecule has 0 aliphatic carbocycles. The fourth-order valence-corrected chi connectivity index (χ4v) is 5.13. The van der Waals surface area contributed by atoms with Gasteiger partial charge in [0, 0.05) is 17.7 Å². The number of hydrogen-bond donors (Lipinski definition) is 2. The molecule has 1 amide bonds. The second-order valence-electron chi connectivity index (χ2n) is 9.02. The highest BCUT2D eigenvalue weighted by molar-refractivity contribution is 7.92. The molecule has 0 saturated carbocycles. The summed E-state index contributed by atoms with van der Waals surface area (Å²) >= 11 is 0. The van der Waals surface area contributed by atoms with Crippen LogP contribution in [0.15, 0.2) is 65.6 Å². The Kier molecular flexibility index (Phi) is 6.27. The van der Waals surface area contributed by atoms with Crippen LogP contribution in [0.2, 0.25) is 0 Å². The number of benzene rings is 3. The van der Waals surface area contributed by atoms with E-state index in [1.54, 1.807) is 18.2 Å². The van der Waals surface area contributed by atoms with Gasteiger partial charge < -0.3 is 14.8 Å². The maximum absolute atomic E-state index is 12.8. The summed E-state index contributed by atoms with van der Waals surface area (Å²) in [4.78, 5) is 12.5. The quantitative estimate of drug-likeness (QED) is 0.505. The number of ether oxygens (including phenoxy) is 2.